The molecule has 4 nitrogen and oxygen atoms in total. The molecule has 0 heterocycles. The van der Waals surface area contributed by atoms with Gasteiger partial charge in [0.05, 0.1) is 16.8 Å². The molecule has 0 fully saturated rings. The van der Waals surface area contributed by atoms with Gasteiger partial charge in [-0.1, -0.05) is 24.3 Å². The topological polar surface area (TPSA) is 61.7 Å². The number of aliphatic hydroxyl groups is 1. The van der Waals surface area contributed by atoms with E-state index in [0.717, 1.165) is 18.3 Å². The average molecular weight is 348 g/mol. The van der Waals surface area contributed by atoms with Gasteiger partial charge in [-0.25, -0.2) is 0 Å². The molecule has 0 unspecified atom stereocenters. The summed E-state index contributed by atoms with van der Waals surface area (Å²) in [5.74, 6) is -0.925. The Hall–Kier alpha value is -3.09. The van der Waals surface area contributed by atoms with E-state index >= 15 is 0 Å². The second-order valence-corrected chi connectivity index (χ2v) is 5.13. The van der Waals surface area contributed by atoms with Crippen LogP contribution in [-0.2, 0) is 11.0 Å². The predicted octanol–water partition coefficient (Wildman–Crippen LogP) is 4.88. The second-order valence-electron chi connectivity index (χ2n) is 5.13. The molecule has 0 atom stereocenters. The quantitative estimate of drug-likeness (QED) is 0.470. The predicted molar refractivity (Wildman–Crippen MR) is 90.0 cm³/mol. The number of aliphatic hydroxyl groups excluding tert-OH is 1. The lowest BCUT2D eigenvalue weighted by Crippen LogP contribution is -2.16. The van der Waals surface area contributed by atoms with E-state index in [2.05, 4.69) is 10.3 Å². The number of para-hydroxylation sites is 1. The number of alkyl halides is 3. The van der Waals surface area contributed by atoms with Gasteiger partial charge in [-0.3, -0.25) is 9.79 Å². The molecule has 130 valence electrons. The lowest BCUT2D eigenvalue weighted by Gasteiger charge is -2.07. The molecule has 2 N–H and O–H groups in total. The number of rotatable bonds is 4. The number of anilines is 1. The van der Waals surface area contributed by atoms with Gasteiger partial charge in [-0.15, -0.1) is 0 Å². The monoisotopic (exact) mass is 348 g/mol. The molecule has 0 aromatic heterocycles. The fraction of sp³-hybridized carbons (Fsp3) is 0.111. The third kappa shape index (κ3) is 5.20. The van der Waals surface area contributed by atoms with Crippen LogP contribution >= 0.6 is 0 Å². The summed E-state index contributed by atoms with van der Waals surface area (Å²) in [6.07, 6.45) is -3.45. The third-order valence-corrected chi connectivity index (χ3v) is 3.18. The molecule has 25 heavy (non-hydrogen) atoms. The van der Waals surface area contributed by atoms with Crippen molar-refractivity contribution in [2.45, 2.75) is 13.1 Å². The van der Waals surface area contributed by atoms with Crippen LogP contribution in [0.1, 0.15) is 12.5 Å². The van der Waals surface area contributed by atoms with Gasteiger partial charge in [-0.2, -0.15) is 13.2 Å². The van der Waals surface area contributed by atoms with Crippen molar-refractivity contribution >= 4 is 23.5 Å². The molecule has 1 amide bonds. The summed E-state index contributed by atoms with van der Waals surface area (Å²) in [4.78, 5) is 16.1. The van der Waals surface area contributed by atoms with Crippen LogP contribution in [0.25, 0.3) is 0 Å². The minimum atomic E-state index is -4.48. The summed E-state index contributed by atoms with van der Waals surface area (Å²) in [5.41, 5.74) is -0.469. The van der Waals surface area contributed by atoms with Gasteiger partial charge in [0, 0.05) is 11.9 Å². The summed E-state index contributed by atoms with van der Waals surface area (Å²) in [5, 5.41) is 12.2. The number of allylic oxidation sites excluding steroid dienone is 1. The van der Waals surface area contributed by atoms with Crippen LogP contribution in [-0.4, -0.2) is 17.2 Å². The first kappa shape index (κ1) is 18.3. The number of amides is 1. The van der Waals surface area contributed by atoms with Crippen molar-refractivity contribution < 1.29 is 23.1 Å². The van der Waals surface area contributed by atoms with Gasteiger partial charge in [0.15, 0.2) is 0 Å². The first-order chi connectivity index (χ1) is 11.8. The number of aliphatic imine (C=N–C) groups is 1. The van der Waals surface area contributed by atoms with Crippen molar-refractivity contribution in [1.82, 2.24) is 0 Å². The van der Waals surface area contributed by atoms with Crippen LogP contribution in [0.4, 0.5) is 24.5 Å². The normalized spacial score (nSPS) is 12.8. The summed E-state index contributed by atoms with van der Waals surface area (Å²) < 4.78 is 38.1. The van der Waals surface area contributed by atoms with Crippen LogP contribution < -0.4 is 5.32 Å². The van der Waals surface area contributed by atoms with Crippen molar-refractivity contribution in [3.05, 3.63) is 71.5 Å². The van der Waals surface area contributed by atoms with Crippen molar-refractivity contribution in [2.24, 2.45) is 4.99 Å². The van der Waals surface area contributed by atoms with E-state index in [1.54, 1.807) is 30.3 Å². The van der Waals surface area contributed by atoms with Crippen molar-refractivity contribution in [1.29, 1.82) is 0 Å². The lowest BCUT2D eigenvalue weighted by molar-refractivity contribution is -0.137. The Morgan fingerprint density at radius 1 is 1.12 bits per heavy atom. The van der Waals surface area contributed by atoms with Crippen LogP contribution in [0, 0.1) is 0 Å². The van der Waals surface area contributed by atoms with E-state index in [9.17, 15) is 23.1 Å². The van der Waals surface area contributed by atoms with Gasteiger partial charge in [0.1, 0.15) is 5.76 Å². The molecule has 2 aromatic rings. The fourth-order valence-electron chi connectivity index (χ4n) is 1.94. The van der Waals surface area contributed by atoms with Crippen LogP contribution in [0.2, 0.25) is 0 Å². The summed E-state index contributed by atoms with van der Waals surface area (Å²) in [6.45, 7) is 1.29. The molecule has 0 aliphatic carbocycles. The Kier molecular flexibility index (Phi) is 5.59. The molecular weight excluding hydrogens is 333 g/mol. The molecule has 0 bridgehead atoms. The SMILES string of the molecule is C/C(O)=C(/C=Nc1cccc(C(F)(F)F)c1)C(=O)Nc1ccccc1. The van der Waals surface area contributed by atoms with E-state index in [0.29, 0.717) is 5.69 Å². The number of nitrogens with one attached hydrogen (secondary N) is 1. The molecular formula is C18H15F3N2O2. The van der Waals surface area contributed by atoms with Gasteiger partial charge in [0.2, 0.25) is 0 Å². The van der Waals surface area contributed by atoms with Crippen molar-refractivity contribution in [3.8, 4) is 0 Å². The number of carbonyl (C=O) groups is 1. The van der Waals surface area contributed by atoms with Gasteiger partial charge < -0.3 is 10.4 Å². The molecule has 0 saturated heterocycles. The minimum absolute atomic E-state index is 0.0149. The van der Waals surface area contributed by atoms with E-state index in [4.69, 9.17) is 0 Å². The number of hydrogen-bond acceptors (Lipinski definition) is 3. The van der Waals surface area contributed by atoms with Crippen LogP contribution in [0.3, 0.4) is 0 Å². The fourth-order valence-corrected chi connectivity index (χ4v) is 1.94. The molecule has 0 saturated carbocycles. The van der Waals surface area contributed by atoms with E-state index in [1.165, 1.54) is 19.1 Å². The first-order valence-electron chi connectivity index (χ1n) is 7.25. The summed E-state index contributed by atoms with van der Waals surface area (Å²) in [7, 11) is 0. The largest absolute Gasteiger partial charge is 0.512 e. The number of benzene rings is 2. The standard InChI is InChI=1S/C18H15F3N2O2/c1-12(24)16(17(25)23-14-7-3-2-4-8-14)11-22-15-9-5-6-13(10-15)18(19,20)21/h2-11,24H,1H3,(H,23,25)/b16-12+,22-11?. The van der Waals surface area contributed by atoms with Gasteiger partial charge >= 0.3 is 6.18 Å². The minimum Gasteiger partial charge on any atom is -0.512 e. The van der Waals surface area contributed by atoms with E-state index in [1.807, 2.05) is 0 Å². The highest BCUT2D eigenvalue weighted by molar-refractivity contribution is 6.18. The summed E-state index contributed by atoms with van der Waals surface area (Å²) >= 11 is 0. The Morgan fingerprint density at radius 2 is 1.80 bits per heavy atom. The molecule has 0 spiro atoms. The molecule has 2 rings (SSSR count). The number of carbonyl (C=O) groups excluding carboxylic acids is 1. The molecule has 0 radical (unpaired) electrons. The zero-order valence-electron chi connectivity index (χ0n) is 13.2. The highest BCUT2D eigenvalue weighted by Crippen LogP contribution is 2.31. The third-order valence-electron chi connectivity index (χ3n) is 3.18. The van der Waals surface area contributed by atoms with Crippen molar-refractivity contribution in [2.75, 3.05) is 5.32 Å². The maximum Gasteiger partial charge on any atom is 0.416 e. The average Bonchev–Trinajstić information content (AvgIpc) is 2.55. The van der Waals surface area contributed by atoms with Crippen molar-refractivity contribution in [3.63, 3.8) is 0 Å². The van der Waals surface area contributed by atoms with Gasteiger partial charge in [-0.05, 0) is 37.3 Å². The van der Waals surface area contributed by atoms with Crippen LogP contribution in [0.15, 0.2) is 70.9 Å². The molecule has 2 aromatic carbocycles. The first-order valence-corrected chi connectivity index (χ1v) is 7.25. The molecule has 7 heteroatoms. The molecule has 0 aliphatic rings. The number of nitrogens with zero attached hydrogens (tertiary/aromatic N) is 1. The zero-order chi connectivity index (χ0) is 18.4. The van der Waals surface area contributed by atoms with Gasteiger partial charge in [0.25, 0.3) is 5.91 Å². The lowest BCUT2D eigenvalue weighted by atomic mass is 10.2. The van der Waals surface area contributed by atoms with Crippen LogP contribution in [0.5, 0.6) is 0 Å². The van der Waals surface area contributed by atoms with E-state index < -0.39 is 17.6 Å². The maximum absolute atomic E-state index is 12.7. The number of halogens is 3. The summed E-state index contributed by atoms with van der Waals surface area (Å²) in [6, 6.07) is 12.9. The zero-order valence-corrected chi connectivity index (χ0v) is 13.2. The Morgan fingerprint density at radius 3 is 2.40 bits per heavy atom. The highest BCUT2D eigenvalue weighted by atomic mass is 19.4. The second kappa shape index (κ2) is 7.65. The molecule has 0 aliphatic heterocycles. The maximum atomic E-state index is 12.7. The van der Waals surface area contributed by atoms with E-state index in [-0.39, 0.29) is 17.0 Å². The Balaban J connectivity index is 2.21. The highest BCUT2D eigenvalue weighted by Gasteiger charge is 2.30. The Bertz CT molecular complexity index is 809. The number of hydrogen-bond donors (Lipinski definition) is 2. The smallest absolute Gasteiger partial charge is 0.416 e. The Labute approximate surface area is 142 Å².